The summed E-state index contributed by atoms with van der Waals surface area (Å²) in [6, 6.07) is 5.33. The number of fused-ring (bicyclic) bond motifs is 1. The number of nitrogens with zero attached hydrogens (tertiary/aromatic N) is 1. The fourth-order valence-electron chi connectivity index (χ4n) is 2.61. The Labute approximate surface area is 138 Å². The van der Waals surface area contributed by atoms with Gasteiger partial charge in [-0.05, 0) is 47.9 Å². The van der Waals surface area contributed by atoms with Crippen LogP contribution in [0.15, 0.2) is 29.9 Å². The van der Waals surface area contributed by atoms with Crippen molar-refractivity contribution in [3.05, 3.63) is 51.5 Å². The minimum Gasteiger partial charge on any atom is -0.545 e. The number of aromatic nitrogens is 1. The van der Waals surface area contributed by atoms with Crippen LogP contribution in [0.1, 0.15) is 26.4 Å². The van der Waals surface area contributed by atoms with E-state index < -0.39 is 5.97 Å². The average Bonchev–Trinajstić information content (AvgIpc) is 2.96. The summed E-state index contributed by atoms with van der Waals surface area (Å²) in [5.74, 6) is -0.527. The molecular weight excluding hydrogens is 269 g/mol. The van der Waals surface area contributed by atoms with Crippen LogP contribution in [-0.4, -0.2) is 11.0 Å². The van der Waals surface area contributed by atoms with Gasteiger partial charge in [0, 0.05) is 11.1 Å². The predicted molar refractivity (Wildman–Crippen MR) is 67.5 cm³/mol. The van der Waals surface area contributed by atoms with Gasteiger partial charge in [0.15, 0.2) is 0 Å². The third kappa shape index (κ3) is 3.26. The van der Waals surface area contributed by atoms with Crippen molar-refractivity contribution < 1.29 is 39.5 Å². The Morgan fingerprint density at radius 2 is 2.16 bits per heavy atom. The van der Waals surface area contributed by atoms with Crippen molar-refractivity contribution in [3.63, 3.8) is 0 Å². The van der Waals surface area contributed by atoms with E-state index in [1.54, 1.807) is 23.5 Å². The molecule has 0 radical (unpaired) electrons. The Morgan fingerprint density at radius 1 is 1.37 bits per heavy atom. The average molecular weight is 281 g/mol. The van der Waals surface area contributed by atoms with E-state index >= 15 is 0 Å². The number of benzene rings is 1. The fourth-order valence-corrected chi connectivity index (χ4v) is 3.32. The summed E-state index contributed by atoms with van der Waals surface area (Å²) >= 11 is 1.68. The first-order valence-electron chi connectivity index (χ1n) is 5.93. The Morgan fingerprint density at radius 3 is 2.84 bits per heavy atom. The normalized spacial score (nSPS) is 16.7. The Kier molecular flexibility index (Phi) is 4.79. The second-order valence-corrected chi connectivity index (χ2v) is 5.69. The van der Waals surface area contributed by atoms with Crippen molar-refractivity contribution in [1.82, 2.24) is 4.98 Å². The van der Waals surface area contributed by atoms with Gasteiger partial charge in [0.2, 0.25) is 0 Å². The molecule has 3 rings (SSSR count). The molecule has 0 N–H and O–H groups in total. The number of aromatic carboxylic acids is 1. The van der Waals surface area contributed by atoms with E-state index in [9.17, 15) is 9.90 Å². The van der Waals surface area contributed by atoms with Crippen molar-refractivity contribution in [1.29, 1.82) is 0 Å². The Hall–Kier alpha value is -0.680. The number of carboxylic acid groups (broad SMARTS) is 1. The van der Waals surface area contributed by atoms with Crippen molar-refractivity contribution in [2.45, 2.75) is 19.3 Å². The zero-order valence-corrected chi connectivity index (χ0v) is 13.6. The maximum atomic E-state index is 10.8. The summed E-state index contributed by atoms with van der Waals surface area (Å²) in [5.41, 5.74) is 4.57. The third-order valence-electron chi connectivity index (χ3n) is 3.43. The molecule has 0 spiro atoms. The van der Waals surface area contributed by atoms with Crippen LogP contribution < -0.4 is 34.7 Å². The minimum absolute atomic E-state index is 0. The van der Waals surface area contributed by atoms with Gasteiger partial charge in [0.1, 0.15) is 0 Å². The number of hydrogen-bond donors (Lipinski definition) is 0. The van der Waals surface area contributed by atoms with Gasteiger partial charge in [-0.3, -0.25) is 4.98 Å². The van der Waals surface area contributed by atoms with Crippen LogP contribution in [0.5, 0.6) is 0 Å². The quantitative estimate of drug-likeness (QED) is 0.641. The monoisotopic (exact) mass is 281 g/mol. The molecule has 2 aromatic rings. The summed E-state index contributed by atoms with van der Waals surface area (Å²) in [6.07, 6.45) is 4.93. The smallest absolute Gasteiger partial charge is 0.545 e. The topological polar surface area (TPSA) is 53.0 Å². The molecule has 0 fully saturated rings. The molecule has 19 heavy (non-hydrogen) atoms. The molecular formula is C14H12NNaO2S. The number of carboxylic acids is 1. The molecule has 0 amide bonds. The predicted octanol–water partition coefficient (Wildman–Crippen LogP) is -1.53. The minimum atomic E-state index is -1.09. The molecule has 1 unspecified atom stereocenters. The van der Waals surface area contributed by atoms with Crippen LogP contribution >= 0.6 is 11.3 Å². The van der Waals surface area contributed by atoms with E-state index in [2.05, 4.69) is 4.98 Å². The van der Waals surface area contributed by atoms with Crippen LogP contribution in [-0.2, 0) is 19.3 Å². The van der Waals surface area contributed by atoms with Gasteiger partial charge in [0.05, 0.1) is 11.5 Å². The number of carbonyl (C=O) groups excluding carboxylic acids is 1. The van der Waals surface area contributed by atoms with Gasteiger partial charge in [-0.25, -0.2) is 0 Å². The van der Waals surface area contributed by atoms with Crippen LogP contribution in [0.3, 0.4) is 0 Å². The first-order chi connectivity index (χ1) is 8.72. The van der Waals surface area contributed by atoms with E-state index in [0.29, 0.717) is 5.92 Å². The summed E-state index contributed by atoms with van der Waals surface area (Å²) in [7, 11) is 0. The molecule has 1 aliphatic rings. The van der Waals surface area contributed by atoms with Gasteiger partial charge < -0.3 is 9.90 Å². The maximum absolute atomic E-state index is 10.8. The summed E-state index contributed by atoms with van der Waals surface area (Å²) in [5, 5.41) is 10.8. The first-order valence-corrected chi connectivity index (χ1v) is 6.81. The van der Waals surface area contributed by atoms with E-state index in [1.807, 2.05) is 17.8 Å². The molecule has 1 atom stereocenters. The molecule has 1 heterocycles. The van der Waals surface area contributed by atoms with E-state index in [0.717, 1.165) is 24.8 Å². The van der Waals surface area contributed by atoms with Crippen LogP contribution in [0.2, 0.25) is 0 Å². The van der Waals surface area contributed by atoms with Crippen molar-refractivity contribution >= 4 is 17.3 Å². The molecule has 5 heteroatoms. The zero-order chi connectivity index (χ0) is 12.5. The second-order valence-electron chi connectivity index (χ2n) is 4.72. The van der Waals surface area contributed by atoms with E-state index in [1.165, 1.54) is 10.4 Å². The zero-order valence-electron chi connectivity index (χ0n) is 10.8. The van der Waals surface area contributed by atoms with Crippen LogP contribution in [0.25, 0.3) is 0 Å². The number of carbonyl (C=O) groups is 1. The van der Waals surface area contributed by atoms with E-state index in [4.69, 9.17) is 0 Å². The molecule has 1 aromatic carbocycles. The Balaban J connectivity index is 0.00000133. The molecule has 0 aliphatic heterocycles. The van der Waals surface area contributed by atoms with Crippen LogP contribution in [0, 0.1) is 5.92 Å². The summed E-state index contributed by atoms with van der Waals surface area (Å²) in [4.78, 5) is 16.2. The number of hydrogen-bond acceptors (Lipinski definition) is 4. The van der Waals surface area contributed by atoms with Gasteiger partial charge >= 0.3 is 29.6 Å². The molecule has 1 aromatic heterocycles. The molecule has 3 nitrogen and oxygen atoms in total. The molecule has 0 bridgehead atoms. The van der Waals surface area contributed by atoms with E-state index in [-0.39, 0.29) is 35.1 Å². The second kappa shape index (κ2) is 6.18. The molecule has 0 saturated heterocycles. The summed E-state index contributed by atoms with van der Waals surface area (Å²) in [6.45, 7) is 0. The standard InChI is InChI=1S/C14H13NO2S.Na/c16-14(17)11-2-1-10-3-9(4-12(10)6-11)5-13-7-15-8-18-13;/h1-2,6-9H,3-5H2,(H,16,17);/q;+1/p-1. The fraction of sp³-hybridized carbons (Fsp3) is 0.286. The SMILES string of the molecule is O=C([O-])c1ccc2c(c1)CC(Cc1cncs1)C2.[Na+]. The third-order valence-corrected chi connectivity index (χ3v) is 4.23. The first kappa shape index (κ1) is 14.7. The van der Waals surface area contributed by atoms with Crippen LogP contribution in [0.4, 0.5) is 0 Å². The molecule has 1 aliphatic carbocycles. The van der Waals surface area contributed by atoms with Gasteiger partial charge in [-0.2, -0.15) is 0 Å². The summed E-state index contributed by atoms with van der Waals surface area (Å²) < 4.78 is 0. The van der Waals surface area contributed by atoms with Gasteiger partial charge in [-0.15, -0.1) is 11.3 Å². The van der Waals surface area contributed by atoms with Crippen molar-refractivity contribution in [2.75, 3.05) is 0 Å². The molecule has 0 saturated carbocycles. The number of thiazole rings is 1. The van der Waals surface area contributed by atoms with Gasteiger partial charge in [-0.1, -0.05) is 12.1 Å². The van der Waals surface area contributed by atoms with Gasteiger partial charge in [0.25, 0.3) is 0 Å². The van der Waals surface area contributed by atoms with Crippen molar-refractivity contribution in [2.24, 2.45) is 5.92 Å². The Bertz CT molecular complexity index is 583. The molecule has 92 valence electrons. The largest absolute Gasteiger partial charge is 1.00 e. The maximum Gasteiger partial charge on any atom is 1.00 e. The van der Waals surface area contributed by atoms with Crippen molar-refractivity contribution in [3.8, 4) is 0 Å². The number of rotatable bonds is 3.